The van der Waals surface area contributed by atoms with E-state index in [0.29, 0.717) is 41.6 Å². The molecule has 14 rings (SSSR count). The quantitative estimate of drug-likeness (QED) is 0.0978. The van der Waals surface area contributed by atoms with Gasteiger partial charge in [-0.25, -0.2) is 9.59 Å². The number of hydrogen-bond acceptors (Lipinski definition) is 23. The zero-order chi connectivity index (χ0) is 80.7. The molecule has 0 amide bonds. The summed E-state index contributed by atoms with van der Waals surface area (Å²) < 4.78 is 48.1. The maximum atomic E-state index is 14.7. The van der Waals surface area contributed by atoms with Crippen molar-refractivity contribution in [2.75, 3.05) is 19.8 Å². The Labute approximate surface area is 638 Å². The summed E-state index contributed by atoms with van der Waals surface area (Å²) in [4.78, 5) is 134. The standard InChI is InChI=1S/C31H38O9.C31H40O8.C24H34O6/c1-15-13-20-30(14-38-20,40-18(4)32)23-26(39-27(36)19-11-9-8-10-12-19)31(37)25(35)22(33)16(2)21(28(31,5)6)17(3)24(34)29(15,23)7;1-16-13-22-30(15-37-22,39-19(4)32)24-26(38-27(35)20-11-9-8-10-12-20)31(36)14-21(33)17(2)23(28(31,5)6)18(3)25(34)29(16,24)7;1-12-8-18-24(11-29-18,30-15(4)25)17-10-23(28)9-16(26)13(2)19(21(23,5)6)14(3)20(27)22(12,17)7/h8-12,15,17,20,23,25-26,35,37H,13-14H2,1-7H3;8-12,16,18,21-22,24,26,33,36H,13-15H2,1-7H3;12,14,17-18,28H,8-11H2,1-7H3/t15-,17+,20?,23-,25-,26-,29+,30-,31+;16-,18+,21-,22?,24-,26-,29+,30-,31+;12-,14+,17?,18?,22+,23+,24+/m000/s1. The van der Waals surface area contributed by atoms with E-state index in [4.69, 9.17) is 37.9 Å². The van der Waals surface area contributed by atoms with Gasteiger partial charge in [0.05, 0.1) is 54.5 Å². The normalized spacial score (nSPS) is 43.8. The lowest BCUT2D eigenvalue weighted by Crippen LogP contribution is -2.82. The Morgan fingerprint density at radius 3 is 1.27 bits per heavy atom. The van der Waals surface area contributed by atoms with Gasteiger partial charge in [0.2, 0.25) is 0 Å². The van der Waals surface area contributed by atoms with E-state index in [0.717, 1.165) is 5.57 Å². The summed E-state index contributed by atoms with van der Waals surface area (Å²) in [6, 6.07) is 16.6. The van der Waals surface area contributed by atoms with Crippen molar-refractivity contribution in [1.29, 1.82) is 0 Å². The molecule has 2 aromatic carbocycles. The van der Waals surface area contributed by atoms with Crippen molar-refractivity contribution >= 4 is 58.8 Å². The lowest BCUT2D eigenvalue weighted by atomic mass is 9.42. The Bertz CT molecular complexity index is 4260. The van der Waals surface area contributed by atoms with E-state index >= 15 is 0 Å². The number of aliphatic hydroxyl groups is 5. The number of rotatable bonds is 7. The molecule has 0 aromatic heterocycles. The second-order valence-corrected chi connectivity index (χ2v) is 36.6. The summed E-state index contributed by atoms with van der Waals surface area (Å²) in [5.74, 6) is -9.15. The molecule has 12 aliphatic rings. The van der Waals surface area contributed by atoms with Gasteiger partial charge in [-0.1, -0.05) is 140 Å². The van der Waals surface area contributed by atoms with Crippen molar-refractivity contribution in [3.05, 3.63) is 105 Å². The van der Waals surface area contributed by atoms with Gasteiger partial charge in [-0.3, -0.25) is 38.4 Å². The fraction of sp³-hybridized carbons (Fsp3) is 0.674. The van der Waals surface area contributed by atoms with E-state index in [1.807, 2.05) is 69.2 Å². The molecule has 0 spiro atoms. The number of ketones is 5. The first-order valence-electron chi connectivity index (χ1n) is 38.7. The maximum Gasteiger partial charge on any atom is 0.338 e. The van der Waals surface area contributed by atoms with Crippen LogP contribution in [0.1, 0.15) is 205 Å². The third-order valence-corrected chi connectivity index (χ3v) is 30.6. The van der Waals surface area contributed by atoms with Crippen molar-refractivity contribution < 1.29 is 111 Å². The van der Waals surface area contributed by atoms with Crippen LogP contribution in [-0.2, 0) is 76.3 Å². The highest BCUT2D eigenvalue weighted by atomic mass is 16.7. The molecule has 6 bridgehead atoms. The first kappa shape index (κ1) is 81.5. The van der Waals surface area contributed by atoms with Gasteiger partial charge in [0.1, 0.15) is 65.2 Å². The summed E-state index contributed by atoms with van der Waals surface area (Å²) in [6.45, 7) is 37.0. The van der Waals surface area contributed by atoms with Gasteiger partial charge in [-0.2, -0.15) is 0 Å². The average Bonchev–Trinajstić information content (AvgIpc) is 0.681. The van der Waals surface area contributed by atoms with Crippen LogP contribution in [0.25, 0.3) is 0 Å². The van der Waals surface area contributed by atoms with E-state index in [9.17, 15) is 73.5 Å². The van der Waals surface area contributed by atoms with Crippen LogP contribution in [0.2, 0.25) is 0 Å². The Kier molecular flexibility index (Phi) is 20.1. The number of aliphatic hydroxyl groups excluding tert-OH is 2. The number of esters is 5. The summed E-state index contributed by atoms with van der Waals surface area (Å²) in [5.41, 5.74) is -11.9. The molecule has 0 radical (unpaired) electrons. The largest absolute Gasteiger partial charge is 0.455 e. The summed E-state index contributed by atoms with van der Waals surface area (Å²) in [5, 5.41) is 60.5. The minimum atomic E-state index is -2.38. The zero-order valence-electron chi connectivity index (χ0n) is 67.0. The number of hydrogen-bond donors (Lipinski definition) is 5. The van der Waals surface area contributed by atoms with E-state index in [1.54, 1.807) is 109 Å². The number of ether oxygens (including phenoxy) is 8. The van der Waals surface area contributed by atoms with E-state index in [2.05, 4.69) is 6.92 Å². The van der Waals surface area contributed by atoms with Crippen LogP contribution in [-0.4, -0.2) is 180 Å². The molecule has 109 heavy (non-hydrogen) atoms. The van der Waals surface area contributed by atoms with E-state index in [-0.39, 0.29) is 103 Å². The molecule has 3 aliphatic heterocycles. The molecule has 9 aliphatic carbocycles. The molecule has 25 atom stereocenters. The molecule has 3 saturated heterocycles. The molecule has 23 nitrogen and oxygen atoms in total. The number of fused-ring (bicyclic) bond motifs is 15. The number of allylic oxidation sites excluding steroid dienone is 1. The molecule has 3 heterocycles. The Morgan fingerprint density at radius 2 is 0.844 bits per heavy atom. The fourth-order valence-corrected chi connectivity index (χ4v) is 24.1. The monoisotopic (exact) mass is 1510 g/mol. The first-order valence-corrected chi connectivity index (χ1v) is 38.7. The molecule has 9 fully saturated rings. The lowest BCUT2D eigenvalue weighted by molar-refractivity contribution is -0.342. The van der Waals surface area contributed by atoms with Gasteiger partial charge in [-0.15, -0.1) is 0 Å². The number of Topliss-reactive ketones (excluding diaryl/α,β-unsaturated/α-hetero) is 5. The van der Waals surface area contributed by atoms with Gasteiger partial charge in [-0.05, 0) is 122 Å². The molecule has 5 N–H and O–H groups in total. The van der Waals surface area contributed by atoms with Crippen molar-refractivity contribution in [2.45, 2.75) is 260 Å². The third-order valence-electron chi connectivity index (χ3n) is 30.6. The Balaban J connectivity index is 0.000000154. The molecule has 594 valence electrons. The van der Waals surface area contributed by atoms with Crippen LogP contribution in [0.3, 0.4) is 0 Å². The highest BCUT2D eigenvalue weighted by Crippen LogP contribution is 2.70. The first-order chi connectivity index (χ1) is 50.4. The molecule has 2 aromatic rings. The summed E-state index contributed by atoms with van der Waals surface area (Å²) in [6.07, 6.45) is -5.79. The second-order valence-electron chi connectivity index (χ2n) is 36.6. The van der Waals surface area contributed by atoms with Crippen LogP contribution in [0.15, 0.2) is 94.1 Å². The summed E-state index contributed by atoms with van der Waals surface area (Å²) >= 11 is 0. The van der Waals surface area contributed by atoms with Crippen LogP contribution in [0.4, 0.5) is 0 Å². The van der Waals surface area contributed by atoms with Crippen LogP contribution < -0.4 is 0 Å². The molecule has 23 heteroatoms. The predicted molar refractivity (Wildman–Crippen MR) is 393 cm³/mol. The van der Waals surface area contributed by atoms with E-state index < -0.39 is 174 Å². The highest BCUT2D eigenvalue weighted by Gasteiger charge is 2.81. The van der Waals surface area contributed by atoms with Crippen LogP contribution in [0.5, 0.6) is 0 Å². The minimum absolute atomic E-state index is 0.00594. The van der Waals surface area contributed by atoms with Crippen LogP contribution in [0, 0.1) is 85.8 Å². The number of benzene rings is 2. The van der Waals surface area contributed by atoms with Gasteiger partial charge < -0.3 is 63.4 Å². The number of carbonyl (C=O) groups is 10. The van der Waals surface area contributed by atoms with Gasteiger partial charge in [0.15, 0.2) is 28.4 Å². The van der Waals surface area contributed by atoms with Gasteiger partial charge in [0.25, 0.3) is 0 Å². The van der Waals surface area contributed by atoms with Crippen molar-refractivity contribution in [3.8, 4) is 0 Å². The SMILES string of the molecule is CC(=O)O[C@@]12COC1C[C@H](C)[C@@]1(C)C(=O)[C@H](C)C3=C(C)C(=O)C[C@@](O)(CC21)C3(C)C.CC(=O)O[C@@]12COC1C[C@H](C)[C@@]1(C)C(=O)[C@H](C)C3=C(C)C(=O)[C@H](O)[C@@](O)([C@@H](OC(=O)c4ccccc4)[C@@H]12)C3(C)C.CC(=O)O[C@@]12COC1C[C@H](C)[C@@]1(C)C(=O)[C@H](C)C3=C(C)[C@@H](O)C[C@@](O)([C@@H](OC(=O)c4ccccc4)[C@@H]12)C3(C)C. The van der Waals surface area contributed by atoms with Crippen molar-refractivity contribution in [2.24, 2.45) is 85.8 Å². The fourth-order valence-electron chi connectivity index (χ4n) is 24.1. The molecular weight excluding hydrogens is 1400 g/mol. The van der Waals surface area contributed by atoms with E-state index in [1.165, 1.54) is 20.8 Å². The highest BCUT2D eigenvalue weighted by molar-refractivity contribution is 6.04. The molecule has 4 unspecified atom stereocenters. The predicted octanol–water partition coefficient (Wildman–Crippen LogP) is 9.45. The van der Waals surface area contributed by atoms with Crippen molar-refractivity contribution in [3.63, 3.8) is 0 Å². The van der Waals surface area contributed by atoms with Crippen molar-refractivity contribution in [1.82, 2.24) is 0 Å². The smallest absolute Gasteiger partial charge is 0.338 e. The van der Waals surface area contributed by atoms with Gasteiger partial charge in [0, 0.05) is 89.8 Å². The molecule has 6 saturated carbocycles. The lowest BCUT2D eigenvalue weighted by Gasteiger charge is -2.68. The van der Waals surface area contributed by atoms with Gasteiger partial charge >= 0.3 is 29.8 Å². The minimum Gasteiger partial charge on any atom is -0.455 e. The van der Waals surface area contributed by atoms with Crippen LogP contribution >= 0.6 is 0 Å². The second kappa shape index (κ2) is 26.9. The topological polar surface area (TPSA) is 346 Å². The zero-order valence-corrected chi connectivity index (χ0v) is 67.0. The third kappa shape index (κ3) is 11.2. The maximum absolute atomic E-state index is 14.7. The molecular formula is C86H112O23. The Morgan fingerprint density at radius 1 is 0.468 bits per heavy atom. The number of carbonyl (C=O) groups excluding carboxylic acids is 10. The average molecular weight is 1510 g/mol. The summed E-state index contributed by atoms with van der Waals surface area (Å²) in [7, 11) is 0. The Hall–Kier alpha value is -6.96.